The molecule has 1 unspecified atom stereocenters. The third kappa shape index (κ3) is 2.22. The van der Waals surface area contributed by atoms with E-state index in [9.17, 15) is 0 Å². The highest BCUT2D eigenvalue weighted by Crippen LogP contribution is 2.27. The van der Waals surface area contributed by atoms with Crippen LogP contribution >= 0.6 is 0 Å². The lowest BCUT2D eigenvalue weighted by Crippen LogP contribution is -2.35. The Hall–Kier alpha value is -1.12. The van der Waals surface area contributed by atoms with Gasteiger partial charge in [0.05, 0.1) is 6.61 Å². The minimum Gasteiger partial charge on any atom is -0.353 e. The van der Waals surface area contributed by atoms with E-state index in [0.717, 1.165) is 19.6 Å². The normalized spacial score (nSPS) is 24.6. The van der Waals surface area contributed by atoms with Crippen molar-refractivity contribution in [2.45, 2.75) is 12.1 Å². The van der Waals surface area contributed by atoms with Crippen LogP contribution in [0, 0.1) is 0 Å². The molecule has 0 aliphatic carbocycles. The molecule has 2 rings (SSSR count). The second-order valence-electron chi connectivity index (χ2n) is 3.61. The van der Waals surface area contributed by atoms with Crippen molar-refractivity contribution in [2.75, 3.05) is 13.2 Å². The zero-order valence-electron chi connectivity index (χ0n) is 8.20. The summed E-state index contributed by atoms with van der Waals surface area (Å²) in [6, 6.07) is 10.4. The average Bonchev–Trinajstić information content (AvgIpc) is 2.97. The summed E-state index contributed by atoms with van der Waals surface area (Å²) in [6.45, 7) is 5.28. The first-order chi connectivity index (χ1) is 6.85. The van der Waals surface area contributed by atoms with E-state index in [1.54, 1.807) is 0 Å². The van der Waals surface area contributed by atoms with Crippen molar-refractivity contribution in [3.8, 4) is 0 Å². The highest BCUT2D eigenvalue weighted by molar-refractivity contribution is 5.18. The third-order valence-electron chi connectivity index (χ3n) is 2.39. The Morgan fingerprint density at radius 2 is 2.14 bits per heavy atom. The Labute approximate surface area is 84.6 Å². The maximum Gasteiger partial charge on any atom is 0.147 e. The molecular formula is C12H15NO. The number of hydrogen-bond acceptors (Lipinski definition) is 2. The Bertz CT molecular complexity index is 303. The number of epoxide rings is 1. The number of nitrogens with one attached hydrogen (secondary N) is 1. The molecule has 0 radical (unpaired) electrons. The Morgan fingerprint density at radius 1 is 1.43 bits per heavy atom. The van der Waals surface area contributed by atoms with E-state index in [4.69, 9.17) is 4.74 Å². The molecule has 1 heterocycles. The monoisotopic (exact) mass is 189 g/mol. The molecule has 74 valence electrons. The number of rotatable bonds is 5. The van der Waals surface area contributed by atoms with Gasteiger partial charge in [0.2, 0.25) is 0 Å². The van der Waals surface area contributed by atoms with Crippen LogP contribution in [0.25, 0.3) is 0 Å². The van der Waals surface area contributed by atoms with E-state index < -0.39 is 0 Å². The van der Waals surface area contributed by atoms with Crippen molar-refractivity contribution < 1.29 is 4.74 Å². The van der Waals surface area contributed by atoms with E-state index in [-0.39, 0.29) is 5.72 Å². The Morgan fingerprint density at radius 3 is 2.71 bits per heavy atom. The van der Waals surface area contributed by atoms with Crippen LogP contribution in [0.4, 0.5) is 0 Å². The van der Waals surface area contributed by atoms with E-state index in [2.05, 4.69) is 36.2 Å². The van der Waals surface area contributed by atoms with Gasteiger partial charge in [0, 0.05) is 13.0 Å². The van der Waals surface area contributed by atoms with E-state index in [1.165, 1.54) is 5.56 Å². The number of ether oxygens (including phenoxy) is 1. The van der Waals surface area contributed by atoms with Crippen molar-refractivity contribution in [1.29, 1.82) is 0 Å². The molecule has 1 fully saturated rings. The van der Waals surface area contributed by atoms with E-state index in [0.29, 0.717) is 0 Å². The fraction of sp³-hybridized carbons (Fsp3) is 0.333. The van der Waals surface area contributed by atoms with Crippen molar-refractivity contribution in [3.05, 3.63) is 48.6 Å². The SMILES string of the molecule is C=CCNC1(Cc2ccccc2)CO1. The zero-order chi connectivity index (χ0) is 9.86. The molecule has 0 bridgehead atoms. The molecule has 0 amide bonds. The molecule has 2 heteroatoms. The van der Waals surface area contributed by atoms with Gasteiger partial charge in [-0.1, -0.05) is 36.4 Å². The predicted molar refractivity (Wildman–Crippen MR) is 57.0 cm³/mol. The van der Waals surface area contributed by atoms with Gasteiger partial charge in [-0.2, -0.15) is 0 Å². The average molecular weight is 189 g/mol. The lowest BCUT2D eigenvalue weighted by atomic mass is 10.1. The van der Waals surface area contributed by atoms with Crippen molar-refractivity contribution in [3.63, 3.8) is 0 Å². The smallest absolute Gasteiger partial charge is 0.147 e. The molecule has 0 aromatic heterocycles. The van der Waals surface area contributed by atoms with E-state index in [1.807, 2.05) is 12.1 Å². The first kappa shape index (κ1) is 9.44. The standard InChI is InChI=1S/C12H15NO/c1-2-8-13-12(10-14-12)9-11-6-4-3-5-7-11/h2-7,13H,1,8-10H2. The van der Waals surface area contributed by atoms with Crippen molar-refractivity contribution in [1.82, 2.24) is 5.32 Å². The van der Waals surface area contributed by atoms with Gasteiger partial charge in [-0.25, -0.2) is 0 Å². The molecule has 1 saturated heterocycles. The fourth-order valence-electron chi connectivity index (χ4n) is 1.54. The Kier molecular flexibility index (Phi) is 2.66. The van der Waals surface area contributed by atoms with Crippen molar-refractivity contribution in [2.24, 2.45) is 0 Å². The number of benzene rings is 1. The van der Waals surface area contributed by atoms with Gasteiger partial charge in [0.1, 0.15) is 5.72 Å². The zero-order valence-corrected chi connectivity index (χ0v) is 8.20. The van der Waals surface area contributed by atoms with Gasteiger partial charge in [0.25, 0.3) is 0 Å². The van der Waals surface area contributed by atoms with Crippen LogP contribution in [-0.2, 0) is 11.2 Å². The van der Waals surface area contributed by atoms with Gasteiger partial charge in [-0.3, -0.25) is 5.32 Å². The maximum atomic E-state index is 5.44. The molecule has 1 aliphatic rings. The summed E-state index contributed by atoms with van der Waals surface area (Å²) in [4.78, 5) is 0. The van der Waals surface area contributed by atoms with Gasteiger partial charge < -0.3 is 4.74 Å². The summed E-state index contributed by atoms with van der Waals surface area (Å²) in [5.74, 6) is 0. The number of hydrogen-bond donors (Lipinski definition) is 1. The second kappa shape index (κ2) is 3.95. The minimum absolute atomic E-state index is 0.116. The summed E-state index contributed by atoms with van der Waals surface area (Å²) in [5, 5.41) is 3.33. The molecule has 0 spiro atoms. The van der Waals surface area contributed by atoms with Gasteiger partial charge in [0.15, 0.2) is 0 Å². The fourth-order valence-corrected chi connectivity index (χ4v) is 1.54. The summed E-state index contributed by atoms with van der Waals surface area (Å²) < 4.78 is 5.44. The lowest BCUT2D eigenvalue weighted by molar-refractivity contribution is 0.261. The van der Waals surface area contributed by atoms with Crippen LogP contribution in [0.5, 0.6) is 0 Å². The molecule has 1 aromatic rings. The van der Waals surface area contributed by atoms with Crippen LogP contribution in [0.3, 0.4) is 0 Å². The van der Waals surface area contributed by atoms with Gasteiger partial charge >= 0.3 is 0 Å². The molecule has 2 nitrogen and oxygen atoms in total. The molecule has 1 atom stereocenters. The maximum absolute atomic E-state index is 5.44. The molecule has 1 aliphatic heterocycles. The molecule has 1 N–H and O–H groups in total. The molecular weight excluding hydrogens is 174 g/mol. The lowest BCUT2D eigenvalue weighted by Gasteiger charge is -2.12. The van der Waals surface area contributed by atoms with Crippen LogP contribution in [0.15, 0.2) is 43.0 Å². The topological polar surface area (TPSA) is 24.6 Å². The molecule has 1 aromatic carbocycles. The van der Waals surface area contributed by atoms with Crippen LogP contribution in [0.1, 0.15) is 5.56 Å². The van der Waals surface area contributed by atoms with Gasteiger partial charge in [-0.05, 0) is 5.56 Å². The first-order valence-electron chi connectivity index (χ1n) is 4.88. The largest absolute Gasteiger partial charge is 0.353 e. The highest BCUT2D eigenvalue weighted by atomic mass is 16.6. The van der Waals surface area contributed by atoms with Gasteiger partial charge in [-0.15, -0.1) is 6.58 Å². The summed E-state index contributed by atoms with van der Waals surface area (Å²) in [5.41, 5.74) is 1.19. The quantitative estimate of drug-likeness (QED) is 0.563. The van der Waals surface area contributed by atoms with Crippen molar-refractivity contribution >= 4 is 0 Å². The van der Waals surface area contributed by atoms with Crippen LogP contribution in [0.2, 0.25) is 0 Å². The summed E-state index contributed by atoms with van der Waals surface area (Å²) in [7, 11) is 0. The predicted octanol–water partition coefficient (Wildman–Crippen LogP) is 1.73. The molecule has 0 saturated carbocycles. The van der Waals surface area contributed by atoms with Crippen LogP contribution in [-0.4, -0.2) is 18.9 Å². The molecule has 14 heavy (non-hydrogen) atoms. The third-order valence-corrected chi connectivity index (χ3v) is 2.39. The van der Waals surface area contributed by atoms with Crippen LogP contribution < -0.4 is 5.32 Å². The summed E-state index contributed by atoms with van der Waals surface area (Å²) in [6.07, 6.45) is 2.79. The minimum atomic E-state index is -0.116. The van der Waals surface area contributed by atoms with E-state index >= 15 is 0 Å². The first-order valence-corrected chi connectivity index (χ1v) is 4.88. The Balaban J connectivity index is 1.94. The summed E-state index contributed by atoms with van der Waals surface area (Å²) >= 11 is 0. The second-order valence-corrected chi connectivity index (χ2v) is 3.61. The highest BCUT2D eigenvalue weighted by Gasteiger charge is 2.43.